The molecule has 18 heavy (non-hydrogen) atoms. The van der Waals surface area contributed by atoms with Gasteiger partial charge in [-0.1, -0.05) is 29.8 Å². The van der Waals surface area contributed by atoms with E-state index in [0.29, 0.717) is 5.69 Å². The number of rotatable bonds is 2. The Labute approximate surface area is 105 Å². The van der Waals surface area contributed by atoms with Gasteiger partial charge in [0.15, 0.2) is 0 Å². The van der Waals surface area contributed by atoms with Crippen molar-refractivity contribution in [2.24, 2.45) is 0 Å². The third-order valence-electron chi connectivity index (χ3n) is 3.07. The first-order chi connectivity index (χ1) is 8.75. The van der Waals surface area contributed by atoms with Crippen LogP contribution in [0.2, 0.25) is 0 Å². The van der Waals surface area contributed by atoms with Crippen molar-refractivity contribution in [3.63, 3.8) is 0 Å². The largest absolute Gasteiger partial charge is 0.314 e. The Hall–Kier alpha value is -2.35. The van der Waals surface area contributed by atoms with Crippen LogP contribution in [0, 0.1) is 6.92 Å². The highest BCUT2D eigenvalue weighted by Gasteiger charge is 2.11. The topological polar surface area (TPSA) is 21.5 Å². The Kier molecular flexibility index (Phi) is 2.49. The number of benzene rings is 1. The average Bonchev–Trinajstić information content (AvgIpc) is 2.86. The summed E-state index contributed by atoms with van der Waals surface area (Å²) in [6, 6.07) is 17.4. The van der Waals surface area contributed by atoms with E-state index in [4.69, 9.17) is 0 Å². The zero-order valence-electron chi connectivity index (χ0n) is 10.1. The van der Waals surface area contributed by atoms with E-state index in [9.17, 15) is 4.79 Å². The first-order valence-electron chi connectivity index (χ1n) is 5.93. The van der Waals surface area contributed by atoms with Crippen molar-refractivity contribution in [2.75, 3.05) is 0 Å². The number of hydrogen-bond donors (Lipinski definition) is 0. The second-order valence-electron chi connectivity index (χ2n) is 4.41. The van der Waals surface area contributed by atoms with Gasteiger partial charge < -0.3 is 4.40 Å². The van der Waals surface area contributed by atoms with Crippen molar-refractivity contribution in [3.8, 4) is 0 Å². The fourth-order valence-electron chi connectivity index (χ4n) is 2.19. The third kappa shape index (κ3) is 1.72. The Morgan fingerprint density at radius 2 is 1.78 bits per heavy atom. The molecule has 2 heterocycles. The number of nitrogens with zero attached hydrogens (tertiary/aromatic N) is 1. The SMILES string of the molecule is Cc1cccc(C(=O)c2cccc3cccn23)c1. The summed E-state index contributed by atoms with van der Waals surface area (Å²) in [4.78, 5) is 12.5. The normalized spacial score (nSPS) is 10.7. The van der Waals surface area contributed by atoms with Crippen molar-refractivity contribution in [1.82, 2.24) is 4.40 Å². The Morgan fingerprint density at radius 1 is 1.00 bits per heavy atom. The first kappa shape index (κ1) is 10.8. The summed E-state index contributed by atoms with van der Waals surface area (Å²) in [6.07, 6.45) is 1.92. The van der Waals surface area contributed by atoms with E-state index in [1.165, 1.54) is 0 Å². The standard InChI is InChI=1S/C16H13NO/c1-12-5-2-6-13(11-12)16(18)15-9-3-7-14-8-4-10-17(14)15/h2-11H,1H3. The molecule has 3 rings (SSSR count). The van der Waals surface area contributed by atoms with Gasteiger partial charge in [-0.05, 0) is 37.3 Å². The molecule has 0 fully saturated rings. The lowest BCUT2D eigenvalue weighted by atomic mass is 10.1. The van der Waals surface area contributed by atoms with Crippen LogP contribution in [0.25, 0.3) is 5.52 Å². The maximum atomic E-state index is 12.5. The number of aromatic nitrogens is 1. The molecule has 1 aromatic carbocycles. The molecule has 2 nitrogen and oxygen atoms in total. The van der Waals surface area contributed by atoms with Gasteiger partial charge in [-0.15, -0.1) is 0 Å². The number of fused-ring (bicyclic) bond motifs is 1. The van der Waals surface area contributed by atoms with Crippen LogP contribution >= 0.6 is 0 Å². The van der Waals surface area contributed by atoms with E-state index in [2.05, 4.69) is 0 Å². The van der Waals surface area contributed by atoms with Gasteiger partial charge in [0.2, 0.25) is 5.78 Å². The zero-order valence-corrected chi connectivity index (χ0v) is 10.1. The van der Waals surface area contributed by atoms with Gasteiger partial charge in [0.1, 0.15) is 0 Å². The minimum Gasteiger partial charge on any atom is -0.314 e. The van der Waals surface area contributed by atoms with Gasteiger partial charge in [0.25, 0.3) is 0 Å². The van der Waals surface area contributed by atoms with Gasteiger partial charge in [0.05, 0.1) is 5.69 Å². The second kappa shape index (κ2) is 4.15. The van der Waals surface area contributed by atoms with Gasteiger partial charge >= 0.3 is 0 Å². The van der Waals surface area contributed by atoms with Crippen LogP contribution in [0.3, 0.4) is 0 Å². The van der Waals surface area contributed by atoms with E-state index in [1.807, 2.05) is 72.1 Å². The predicted molar refractivity (Wildman–Crippen MR) is 72.0 cm³/mol. The van der Waals surface area contributed by atoms with Crippen LogP contribution < -0.4 is 0 Å². The summed E-state index contributed by atoms with van der Waals surface area (Å²) in [7, 11) is 0. The molecule has 0 radical (unpaired) electrons. The molecule has 2 aromatic heterocycles. The predicted octanol–water partition coefficient (Wildman–Crippen LogP) is 3.48. The van der Waals surface area contributed by atoms with Crippen LogP contribution in [0.4, 0.5) is 0 Å². The summed E-state index contributed by atoms with van der Waals surface area (Å²) >= 11 is 0. The minimum atomic E-state index is 0.0560. The van der Waals surface area contributed by atoms with Gasteiger partial charge in [-0.3, -0.25) is 4.79 Å². The van der Waals surface area contributed by atoms with Crippen molar-refractivity contribution in [2.45, 2.75) is 6.92 Å². The van der Waals surface area contributed by atoms with Crippen molar-refractivity contribution >= 4 is 11.3 Å². The summed E-state index contributed by atoms with van der Waals surface area (Å²) in [5.74, 6) is 0.0560. The van der Waals surface area contributed by atoms with Crippen molar-refractivity contribution in [3.05, 3.63) is 77.6 Å². The lowest BCUT2D eigenvalue weighted by Crippen LogP contribution is -2.07. The minimum absolute atomic E-state index is 0.0560. The molecule has 0 N–H and O–H groups in total. The van der Waals surface area contributed by atoms with Crippen molar-refractivity contribution in [1.29, 1.82) is 0 Å². The van der Waals surface area contributed by atoms with Crippen LogP contribution in [-0.4, -0.2) is 10.2 Å². The van der Waals surface area contributed by atoms with Crippen LogP contribution in [0.1, 0.15) is 21.6 Å². The molecule has 0 unspecified atom stereocenters. The number of aryl methyl sites for hydroxylation is 1. The van der Waals surface area contributed by atoms with E-state index in [1.54, 1.807) is 0 Å². The maximum absolute atomic E-state index is 12.5. The molecule has 0 aliphatic rings. The molecule has 2 heteroatoms. The van der Waals surface area contributed by atoms with Crippen LogP contribution in [0.15, 0.2) is 60.8 Å². The molecule has 0 saturated heterocycles. The Bertz CT molecular complexity index is 725. The molecule has 88 valence electrons. The number of carbonyl (C=O) groups excluding carboxylic acids is 1. The maximum Gasteiger partial charge on any atom is 0.209 e. The molecule has 0 spiro atoms. The van der Waals surface area contributed by atoms with Crippen LogP contribution in [0.5, 0.6) is 0 Å². The van der Waals surface area contributed by atoms with Crippen LogP contribution in [-0.2, 0) is 0 Å². The molecule has 0 atom stereocenters. The summed E-state index contributed by atoms with van der Waals surface area (Å²) in [6.45, 7) is 1.99. The molecular weight excluding hydrogens is 222 g/mol. The molecule has 0 aliphatic carbocycles. The zero-order chi connectivity index (χ0) is 12.5. The number of hydrogen-bond acceptors (Lipinski definition) is 1. The number of pyridine rings is 1. The lowest BCUT2D eigenvalue weighted by molar-refractivity contribution is 0.103. The molecule has 0 saturated carbocycles. The molecular formula is C16H13NO. The first-order valence-corrected chi connectivity index (χ1v) is 5.93. The van der Waals surface area contributed by atoms with E-state index < -0.39 is 0 Å². The molecule has 0 amide bonds. The number of carbonyl (C=O) groups is 1. The van der Waals surface area contributed by atoms with E-state index in [-0.39, 0.29) is 5.78 Å². The fraction of sp³-hybridized carbons (Fsp3) is 0.0625. The summed E-state index contributed by atoms with van der Waals surface area (Å²) in [5.41, 5.74) is 3.56. The average molecular weight is 235 g/mol. The van der Waals surface area contributed by atoms with Gasteiger partial charge in [-0.25, -0.2) is 0 Å². The lowest BCUT2D eigenvalue weighted by Gasteiger charge is -2.06. The molecule has 0 bridgehead atoms. The third-order valence-corrected chi connectivity index (χ3v) is 3.07. The highest BCUT2D eigenvalue weighted by Crippen LogP contribution is 2.14. The smallest absolute Gasteiger partial charge is 0.209 e. The van der Waals surface area contributed by atoms with Gasteiger partial charge in [-0.2, -0.15) is 0 Å². The quantitative estimate of drug-likeness (QED) is 0.623. The van der Waals surface area contributed by atoms with Gasteiger partial charge in [0, 0.05) is 17.3 Å². The second-order valence-corrected chi connectivity index (χ2v) is 4.41. The summed E-state index contributed by atoms with van der Waals surface area (Å²) < 4.78 is 1.92. The highest BCUT2D eigenvalue weighted by molar-refractivity contribution is 6.08. The fourth-order valence-corrected chi connectivity index (χ4v) is 2.19. The Balaban J connectivity index is 2.15. The molecule has 0 aliphatic heterocycles. The summed E-state index contributed by atoms with van der Waals surface area (Å²) in [5, 5.41) is 0. The Morgan fingerprint density at radius 3 is 2.61 bits per heavy atom. The molecule has 3 aromatic rings. The highest BCUT2D eigenvalue weighted by atomic mass is 16.1. The monoisotopic (exact) mass is 235 g/mol. The number of ketones is 1. The van der Waals surface area contributed by atoms with E-state index >= 15 is 0 Å². The van der Waals surface area contributed by atoms with Crippen molar-refractivity contribution < 1.29 is 4.79 Å². The van der Waals surface area contributed by atoms with E-state index in [0.717, 1.165) is 16.6 Å².